The van der Waals surface area contributed by atoms with E-state index in [-0.39, 0.29) is 17.4 Å². The summed E-state index contributed by atoms with van der Waals surface area (Å²) in [5, 5.41) is 9.90. The molecule has 17 heavy (non-hydrogen) atoms. The number of halogens is 1. The minimum absolute atomic E-state index is 0.144. The summed E-state index contributed by atoms with van der Waals surface area (Å²) in [5.74, 6) is -0.254. The molecule has 0 saturated heterocycles. The Balaban J connectivity index is 2.75. The summed E-state index contributed by atoms with van der Waals surface area (Å²) in [6.45, 7) is 2.69. The van der Waals surface area contributed by atoms with E-state index in [0.717, 1.165) is 11.9 Å². The zero-order chi connectivity index (χ0) is 12.4. The van der Waals surface area contributed by atoms with E-state index in [9.17, 15) is 4.79 Å². The van der Waals surface area contributed by atoms with Crippen molar-refractivity contribution in [1.82, 2.24) is 4.57 Å². The highest BCUT2D eigenvalue weighted by molar-refractivity contribution is 6.31. The van der Waals surface area contributed by atoms with Crippen LogP contribution in [0.1, 0.15) is 17.3 Å². The third-order valence-corrected chi connectivity index (χ3v) is 2.98. The van der Waals surface area contributed by atoms with E-state index in [4.69, 9.17) is 16.9 Å². The van der Waals surface area contributed by atoms with Crippen molar-refractivity contribution in [2.45, 2.75) is 13.5 Å². The van der Waals surface area contributed by atoms with Crippen LogP contribution < -0.4 is 4.89 Å². The molecule has 4 nitrogen and oxygen atoms in total. The van der Waals surface area contributed by atoms with Crippen molar-refractivity contribution >= 4 is 28.3 Å². The van der Waals surface area contributed by atoms with Crippen molar-refractivity contribution in [3.63, 3.8) is 0 Å². The van der Waals surface area contributed by atoms with Gasteiger partial charge in [-0.25, -0.2) is 5.26 Å². The highest BCUT2D eigenvalue weighted by atomic mass is 35.5. The maximum absolute atomic E-state index is 11.6. The van der Waals surface area contributed by atoms with Gasteiger partial charge in [-0.3, -0.25) is 4.79 Å². The van der Waals surface area contributed by atoms with Crippen LogP contribution in [0.5, 0.6) is 5.75 Å². The van der Waals surface area contributed by atoms with Gasteiger partial charge in [-0.2, -0.15) is 0 Å². The topological polar surface area (TPSA) is 51.5 Å². The molecule has 1 aromatic carbocycles. The van der Waals surface area contributed by atoms with Crippen LogP contribution >= 0.6 is 11.6 Å². The van der Waals surface area contributed by atoms with Gasteiger partial charge >= 0.3 is 0 Å². The molecule has 2 rings (SSSR count). The molecule has 1 heterocycles. The average Bonchev–Trinajstić information content (AvgIpc) is 2.79. The van der Waals surface area contributed by atoms with Crippen molar-refractivity contribution in [2.75, 3.05) is 5.88 Å². The lowest BCUT2D eigenvalue weighted by Gasteiger charge is -2.08. The molecule has 0 unspecified atom stereocenters. The molecule has 0 spiro atoms. The second-order valence-electron chi connectivity index (χ2n) is 3.63. The number of ketones is 1. The average molecular weight is 254 g/mol. The van der Waals surface area contributed by atoms with Gasteiger partial charge in [0.05, 0.1) is 17.0 Å². The van der Waals surface area contributed by atoms with E-state index < -0.39 is 0 Å². The number of fused-ring (bicyclic) bond motifs is 1. The summed E-state index contributed by atoms with van der Waals surface area (Å²) in [6, 6.07) is 5.32. The lowest BCUT2D eigenvalue weighted by molar-refractivity contribution is -0.136. The number of aryl methyl sites for hydroxylation is 1. The number of hydrogen-bond acceptors (Lipinski definition) is 3. The summed E-state index contributed by atoms with van der Waals surface area (Å²) >= 11 is 5.52. The van der Waals surface area contributed by atoms with Gasteiger partial charge in [-0.1, -0.05) is 6.07 Å². The summed E-state index contributed by atoms with van der Waals surface area (Å²) in [7, 11) is 0. The van der Waals surface area contributed by atoms with Crippen LogP contribution in [0, 0.1) is 0 Å². The highest BCUT2D eigenvalue weighted by Crippen LogP contribution is 2.31. The Kier molecular flexibility index (Phi) is 3.36. The lowest BCUT2D eigenvalue weighted by atomic mass is 10.1. The molecule has 0 fully saturated rings. The number of hydrogen-bond donors (Lipinski definition) is 1. The number of benzene rings is 1. The molecule has 2 aromatic rings. The van der Waals surface area contributed by atoms with Crippen LogP contribution in [0.3, 0.4) is 0 Å². The SMILES string of the molecule is CCn1ccc2ccc(C(=O)CCl)c(OO)c21. The van der Waals surface area contributed by atoms with Gasteiger partial charge in [0.1, 0.15) is 0 Å². The predicted molar refractivity (Wildman–Crippen MR) is 65.9 cm³/mol. The van der Waals surface area contributed by atoms with E-state index >= 15 is 0 Å². The minimum Gasteiger partial charge on any atom is -0.345 e. The number of carbonyl (C=O) groups excluding carboxylic acids is 1. The normalized spacial score (nSPS) is 10.8. The Morgan fingerprint density at radius 1 is 1.47 bits per heavy atom. The van der Waals surface area contributed by atoms with Gasteiger partial charge < -0.3 is 9.45 Å². The van der Waals surface area contributed by atoms with E-state index in [2.05, 4.69) is 4.89 Å². The Morgan fingerprint density at radius 3 is 2.82 bits per heavy atom. The quantitative estimate of drug-likeness (QED) is 0.394. The minimum atomic E-state index is -0.276. The van der Waals surface area contributed by atoms with Crippen LogP contribution in [0.25, 0.3) is 10.9 Å². The maximum Gasteiger partial charge on any atom is 0.200 e. The fourth-order valence-electron chi connectivity index (χ4n) is 1.91. The van der Waals surface area contributed by atoms with Gasteiger partial charge in [-0.05, 0) is 19.1 Å². The zero-order valence-electron chi connectivity index (χ0n) is 9.31. The fraction of sp³-hybridized carbons (Fsp3) is 0.250. The van der Waals surface area contributed by atoms with Crippen LogP contribution in [0.2, 0.25) is 0 Å². The van der Waals surface area contributed by atoms with Gasteiger partial charge in [0, 0.05) is 18.1 Å². The second kappa shape index (κ2) is 4.77. The molecule has 0 amide bonds. The van der Waals surface area contributed by atoms with Crippen LogP contribution in [-0.2, 0) is 6.54 Å². The lowest BCUT2D eigenvalue weighted by Crippen LogP contribution is -2.05. The number of nitrogens with zero attached hydrogens (tertiary/aromatic N) is 1. The van der Waals surface area contributed by atoms with Gasteiger partial charge in [0.2, 0.25) is 0 Å². The smallest absolute Gasteiger partial charge is 0.200 e. The molecular weight excluding hydrogens is 242 g/mol. The summed E-state index contributed by atoms with van der Waals surface area (Å²) in [5.41, 5.74) is 0.995. The number of rotatable bonds is 4. The standard InChI is InChI=1S/C12H12ClNO3/c1-2-14-6-5-8-3-4-9(10(15)7-13)12(17-16)11(8)14/h3-6,16H,2,7H2,1H3. The van der Waals surface area contributed by atoms with Crippen molar-refractivity contribution in [2.24, 2.45) is 0 Å². The second-order valence-corrected chi connectivity index (χ2v) is 3.90. The summed E-state index contributed by atoms with van der Waals surface area (Å²) in [6.07, 6.45) is 1.88. The van der Waals surface area contributed by atoms with E-state index in [1.54, 1.807) is 6.07 Å². The fourth-order valence-corrected chi connectivity index (χ4v) is 2.05. The Hall–Kier alpha value is -1.52. The first-order valence-corrected chi connectivity index (χ1v) is 5.78. The van der Waals surface area contributed by atoms with Crippen LogP contribution in [-0.4, -0.2) is 21.5 Å². The van der Waals surface area contributed by atoms with Crippen molar-refractivity contribution in [1.29, 1.82) is 0 Å². The number of aromatic nitrogens is 1. The molecular formula is C12H12ClNO3. The maximum atomic E-state index is 11.6. The molecule has 0 aliphatic rings. The van der Waals surface area contributed by atoms with Crippen molar-refractivity contribution in [3.8, 4) is 5.75 Å². The summed E-state index contributed by atoms with van der Waals surface area (Å²) in [4.78, 5) is 16.0. The first-order chi connectivity index (χ1) is 8.22. The van der Waals surface area contributed by atoms with Crippen molar-refractivity contribution < 1.29 is 14.9 Å². The number of carbonyl (C=O) groups is 1. The molecule has 90 valence electrons. The van der Waals surface area contributed by atoms with E-state index in [0.29, 0.717) is 11.1 Å². The molecule has 0 saturated carbocycles. The summed E-state index contributed by atoms with van der Waals surface area (Å²) < 4.78 is 1.89. The van der Waals surface area contributed by atoms with Crippen molar-refractivity contribution in [3.05, 3.63) is 30.0 Å². The molecule has 0 atom stereocenters. The van der Waals surface area contributed by atoms with Gasteiger partial charge in [0.25, 0.3) is 0 Å². The highest BCUT2D eigenvalue weighted by Gasteiger charge is 2.17. The Bertz CT molecular complexity index is 562. The first-order valence-electron chi connectivity index (χ1n) is 5.25. The van der Waals surface area contributed by atoms with Gasteiger partial charge in [0.15, 0.2) is 11.5 Å². The molecule has 0 bridgehead atoms. The number of alkyl halides is 1. The van der Waals surface area contributed by atoms with E-state index in [1.807, 2.05) is 29.8 Å². The molecule has 0 aliphatic carbocycles. The third-order valence-electron chi connectivity index (χ3n) is 2.74. The largest absolute Gasteiger partial charge is 0.345 e. The van der Waals surface area contributed by atoms with Crippen LogP contribution in [0.4, 0.5) is 0 Å². The Labute approximate surface area is 103 Å². The van der Waals surface area contributed by atoms with E-state index in [1.165, 1.54) is 0 Å². The zero-order valence-corrected chi connectivity index (χ0v) is 10.1. The van der Waals surface area contributed by atoms with Gasteiger partial charge in [-0.15, -0.1) is 11.6 Å². The third kappa shape index (κ3) is 1.90. The predicted octanol–water partition coefficient (Wildman–Crippen LogP) is 2.93. The molecule has 1 N–H and O–H groups in total. The molecule has 0 radical (unpaired) electrons. The molecule has 1 aromatic heterocycles. The Morgan fingerprint density at radius 2 is 2.24 bits per heavy atom. The first kappa shape index (κ1) is 12.0. The van der Waals surface area contributed by atoms with Crippen LogP contribution in [0.15, 0.2) is 24.4 Å². The number of Topliss-reactive ketones (excluding diaryl/α,β-unsaturated/α-hetero) is 1. The molecule has 5 heteroatoms. The molecule has 0 aliphatic heterocycles. The monoisotopic (exact) mass is 253 g/mol.